The van der Waals surface area contributed by atoms with E-state index in [0.717, 1.165) is 0 Å². The van der Waals surface area contributed by atoms with Gasteiger partial charge < -0.3 is 15.7 Å². The van der Waals surface area contributed by atoms with Gasteiger partial charge in [-0.3, -0.25) is 0 Å². The van der Waals surface area contributed by atoms with Crippen LogP contribution in [0.15, 0.2) is 18.2 Å². The van der Waals surface area contributed by atoms with Crippen molar-refractivity contribution in [3.8, 4) is 5.69 Å². The maximum atomic E-state index is 11.2. The molecule has 0 amide bonds. The fourth-order valence-corrected chi connectivity index (χ4v) is 2.09. The zero-order valence-corrected chi connectivity index (χ0v) is 12.6. The number of rotatable bonds is 4. The second-order valence-electron chi connectivity index (χ2n) is 3.98. The minimum Gasteiger partial charge on any atom is -0.478 e. The molecule has 0 aliphatic carbocycles. The highest BCUT2D eigenvalue weighted by atomic mass is 32.1. The van der Waals surface area contributed by atoms with Gasteiger partial charge in [0.15, 0.2) is 5.11 Å². The fourth-order valence-electron chi connectivity index (χ4n) is 1.64. The molecule has 10 heteroatoms. The molecule has 4 N–H and O–H groups in total. The molecule has 0 radical (unpaired) electrons. The summed E-state index contributed by atoms with van der Waals surface area (Å²) in [5, 5.41) is 25.2. The van der Waals surface area contributed by atoms with Crippen molar-refractivity contribution in [3.63, 3.8) is 0 Å². The predicted octanol–water partition coefficient (Wildman–Crippen LogP) is 1.33. The Kier molecular flexibility index (Phi) is 4.60. The molecule has 0 aliphatic heterocycles. The van der Waals surface area contributed by atoms with E-state index in [1.165, 1.54) is 16.8 Å². The Balaban J connectivity index is 2.44. The quantitative estimate of drug-likeness (QED) is 0.624. The third kappa shape index (κ3) is 3.61. The van der Waals surface area contributed by atoms with Gasteiger partial charge in [0.25, 0.3) is 0 Å². The number of benzene rings is 1. The Labute approximate surface area is 130 Å². The number of hydrogen-bond donors (Lipinski definition) is 4. The summed E-state index contributed by atoms with van der Waals surface area (Å²) < 4.78 is 1.58. The summed E-state index contributed by atoms with van der Waals surface area (Å²) in [5.41, 5.74) is 1.10. The molecular formula is C11H12N6O2S2. The molecule has 0 aliphatic rings. The first-order valence-electron chi connectivity index (χ1n) is 5.95. The molecule has 1 aromatic carbocycles. The monoisotopic (exact) mass is 324 g/mol. The van der Waals surface area contributed by atoms with Gasteiger partial charge in [-0.15, -0.1) is 0 Å². The first-order chi connectivity index (χ1) is 10.0. The van der Waals surface area contributed by atoms with Crippen LogP contribution < -0.4 is 10.6 Å². The number of thiocarbonyl (C=S) groups is 1. The zero-order chi connectivity index (χ0) is 15.4. The van der Waals surface area contributed by atoms with Crippen molar-refractivity contribution in [2.24, 2.45) is 0 Å². The van der Waals surface area contributed by atoms with E-state index in [9.17, 15) is 9.90 Å². The lowest BCUT2D eigenvalue weighted by Crippen LogP contribution is -2.28. The summed E-state index contributed by atoms with van der Waals surface area (Å²) in [4.78, 5) is 11.2. The maximum Gasteiger partial charge on any atom is 0.335 e. The number of aromatic carboxylic acids is 1. The third-order valence-corrected chi connectivity index (χ3v) is 3.00. The zero-order valence-electron chi connectivity index (χ0n) is 11.0. The highest BCUT2D eigenvalue weighted by Crippen LogP contribution is 2.18. The number of anilines is 1. The minimum absolute atomic E-state index is 0.0887. The number of H-pyrrole nitrogens is 1. The summed E-state index contributed by atoms with van der Waals surface area (Å²) in [6.45, 7) is 2.56. The van der Waals surface area contributed by atoms with Crippen LogP contribution in [0.2, 0.25) is 0 Å². The lowest BCUT2D eigenvalue weighted by Gasteiger charge is -2.11. The summed E-state index contributed by atoms with van der Waals surface area (Å²) in [5.74, 6) is -1.06. The molecule has 8 nitrogen and oxygen atoms in total. The molecular weight excluding hydrogens is 312 g/mol. The Hall–Kier alpha value is -2.33. The molecule has 110 valence electrons. The predicted molar refractivity (Wildman–Crippen MR) is 83.4 cm³/mol. The molecule has 21 heavy (non-hydrogen) atoms. The van der Waals surface area contributed by atoms with Gasteiger partial charge in [-0.1, -0.05) is 10.3 Å². The van der Waals surface area contributed by atoms with Crippen molar-refractivity contribution < 1.29 is 9.90 Å². The number of hydrogen-bond acceptors (Lipinski definition) is 5. The van der Waals surface area contributed by atoms with Gasteiger partial charge in [-0.2, -0.15) is 5.21 Å². The molecule has 0 saturated carbocycles. The van der Waals surface area contributed by atoms with Crippen molar-refractivity contribution in [3.05, 3.63) is 28.5 Å². The van der Waals surface area contributed by atoms with Crippen molar-refractivity contribution in [2.45, 2.75) is 6.92 Å². The van der Waals surface area contributed by atoms with E-state index in [2.05, 4.69) is 26.2 Å². The van der Waals surface area contributed by atoms with Crippen LogP contribution in [-0.4, -0.2) is 42.9 Å². The lowest BCUT2D eigenvalue weighted by atomic mass is 10.1. The van der Waals surface area contributed by atoms with Gasteiger partial charge in [-0.05, 0) is 49.6 Å². The Bertz CT molecular complexity index is 738. The second kappa shape index (κ2) is 6.41. The first kappa shape index (κ1) is 15.1. The number of nitrogens with one attached hydrogen (secondary N) is 3. The highest BCUT2D eigenvalue weighted by Gasteiger charge is 2.10. The normalized spacial score (nSPS) is 10.1. The molecule has 1 aromatic heterocycles. The third-order valence-electron chi connectivity index (χ3n) is 2.49. The first-order valence-corrected chi connectivity index (χ1v) is 6.76. The summed E-state index contributed by atoms with van der Waals surface area (Å²) in [6, 6.07) is 4.62. The van der Waals surface area contributed by atoms with E-state index >= 15 is 0 Å². The molecule has 0 spiro atoms. The van der Waals surface area contributed by atoms with E-state index in [0.29, 0.717) is 23.0 Å². The van der Waals surface area contributed by atoms with E-state index in [-0.39, 0.29) is 10.3 Å². The minimum atomic E-state index is -1.06. The van der Waals surface area contributed by atoms with Crippen LogP contribution in [-0.2, 0) is 0 Å². The van der Waals surface area contributed by atoms with E-state index in [1.807, 2.05) is 6.92 Å². The highest BCUT2D eigenvalue weighted by molar-refractivity contribution is 7.80. The van der Waals surface area contributed by atoms with Crippen LogP contribution in [0.25, 0.3) is 5.69 Å². The summed E-state index contributed by atoms with van der Waals surface area (Å²) in [7, 11) is 0. The van der Waals surface area contributed by atoms with Gasteiger partial charge in [0, 0.05) is 12.2 Å². The van der Waals surface area contributed by atoms with Crippen molar-refractivity contribution >= 4 is 41.2 Å². The lowest BCUT2D eigenvalue weighted by molar-refractivity contribution is 0.0697. The number of aromatic amines is 1. The Morgan fingerprint density at radius 1 is 1.48 bits per heavy atom. The summed E-state index contributed by atoms with van der Waals surface area (Å²) in [6.07, 6.45) is 0. The van der Waals surface area contributed by atoms with Crippen molar-refractivity contribution in [1.29, 1.82) is 0 Å². The Morgan fingerprint density at radius 2 is 2.24 bits per heavy atom. The molecule has 2 aromatic rings. The fraction of sp³-hybridized carbons (Fsp3) is 0.182. The molecule has 0 fully saturated rings. The topological polar surface area (TPSA) is 108 Å². The molecule has 0 bridgehead atoms. The second-order valence-corrected chi connectivity index (χ2v) is 4.75. The van der Waals surface area contributed by atoms with Gasteiger partial charge in [0.1, 0.15) is 0 Å². The van der Waals surface area contributed by atoms with Gasteiger partial charge in [-0.25, -0.2) is 9.48 Å². The molecule has 0 unspecified atom stereocenters. The largest absolute Gasteiger partial charge is 0.478 e. The number of aromatic nitrogens is 4. The van der Waals surface area contributed by atoms with E-state index in [4.69, 9.17) is 24.4 Å². The molecule has 0 atom stereocenters. The maximum absolute atomic E-state index is 11.2. The number of carbonyl (C=O) groups is 1. The van der Waals surface area contributed by atoms with E-state index < -0.39 is 5.97 Å². The van der Waals surface area contributed by atoms with Gasteiger partial charge >= 0.3 is 5.97 Å². The average molecular weight is 324 g/mol. The van der Waals surface area contributed by atoms with Crippen LogP contribution >= 0.6 is 24.4 Å². The number of tetrazole rings is 1. The van der Waals surface area contributed by atoms with Crippen molar-refractivity contribution in [1.82, 2.24) is 25.5 Å². The van der Waals surface area contributed by atoms with Crippen LogP contribution in [0.3, 0.4) is 0 Å². The molecule has 2 rings (SSSR count). The van der Waals surface area contributed by atoms with Gasteiger partial charge in [0.2, 0.25) is 4.77 Å². The number of nitrogens with zero attached hydrogens (tertiary/aromatic N) is 3. The standard InChI is InChI=1S/C11H12N6O2S2/c1-2-12-10(20)13-7-3-6(9(18)19)4-8(5-7)17-11(21)14-15-16-17/h3-5H,2H2,1H3,(H,18,19)(H2,12,13,20)(H,14,16,21). The smallest absolute Gasteiger partial charge is 0.335 e. The molecule has 0 saturated heterocycles. The van der Waals surface area contributed by atoms with Crippen LogP contribution in [0.1, 0.15) is 17.3 Å². The van der Waals surface area contributed by atoms with E-state index in [1.54, 1.807) is 6.07 Å². The van der Waals surface area contributed by atoms with Crippen LogP contribution in [0, 0.1) is 4.77 Å². The number of carboxylic acids is 1. The number of carboxylic acid groups (broad SMARTS) is 1. The van der Waals surface area contributed by atoms with Crippen LogP contribution in [0.4, 0.5) is 5.69 Å². The average Bonchev–Trinajstić information content (AvgIpc) is 2.84. The SMILES string of the molecule is CCNC(=S)Nc1cc(C(=O)O)cc(-n2[nH]nnc2=S)c1. The Morgan fingerprint density at radius 3 is 2.81 bits per heavy atom. The van der Waals surface area contributed by atoms with Crippen LogP contribution in [0.5, 0.6) is 0 Å². The van der Waals surface area contributed by atoms with Crippen molar-refractivity contribution in [2.75, 3.05) is 11.9 Å². The van der Waals surface area contributed by atoms with Gasteiger partial charge in [0.05, 0.1) is 11.3 Å². The summed E-state index contributed by atoms with van der Waals surface area (Å²) >= 11 is 10.1. The molecule has 1 heterocycles.